The molecular weight excluding hydrogens is 781 g/mol. The number of aromatic amines is 2. The van der Waals surface area contributed by atoms with Crippen LogP contribution in [0.25, 0.3) is 44.2 Å². The van der Waals surface area contributed by atoms with Crippen molar-refractivity contribution < 1.29 is 38.4 Å². The van der Waals surface area contributed by atoms with Gasteiger partial charge in [0, 0.05) is 30.6 Å². The number of aliphatic hydroxyl groups is 1. The number of carbonyl (C=O) groups is 3. The zero-order chi connectivity index (χ0) is 43.3. The lowest BCUT2D eigenvalue weighted by atomic mass is 9.92. The average Bonchev–Trinajstić information content (AvgIpc) is 4.08. The maximum atomic E-state index is 13.9. The number of imidazole rings is 2. The molecule has 5 N–H and O–H groups in total. The molecule has 5 aromatic rings. The predicted octanol–water partition coefficient (Wildman–Crippen LogP) is 6.56. The van der Waals surface area contributed by atoms with Gasteiger partial charge in [-0.3, -0.25) is 9.69 Å². The Kier molecular flexibility index (Phi) is 11.7. The van der Waals surface area contributed by atoms with Crippen molar-refractivity contribution in [1.82, 2.24) is 40.4 Å². The van der Waals surface area contributed by atoms with E-state index in [4.69, 9.17) is 28.9 Å². The monoisotopic (exact) mass is 836 g/mol. The molecule has 61 heavy (non-hydrogen) atoms. The van der Waals surface area contributed by atoms with E-state index >= 15 is 0 Å². The Balaban J connectivity index is 1.04. The van der Waals surface area contributed by atoms with Gasteiger partial charge < -0.3 is 49.6 Å². The molecular formula is C45H56N8O8. The number of rotatable bonds is 11. The molecule has 3 aliphatic rings. The second-order valence-corrected chi connectivity index (χ2v) is 17.1. The number of aliphatic hydroxyl groups excluding tert-OH is 1. The minimum Gasteiger partial charge on any atom is -0.488 e. The Bertz CT molecular complexity index is 2450. The van der Waals surface area contributed by atoms with Crippen molar-refractivity contribution in [3.05, 3.63) is 65.9 Å². The van der Waals surface area contributed by atoms with Crippen molar-refractivity contribution in [2.45, 2.75) is 103 Å². The molecule has 3 amide bonds. The molecule has 0 aliphatic carbocycles. The van der Waals surface area contributed by atoms with Gasteiger partial charge in [-0.05, 0) is 91.3 Å². The second-order valence-electron chi connectivity index (χ2n) is 17.1. The van der Waals surface area contributed by atoms with Crippen LogP contribution in [0.4, 0.5) is 9.59 Å². The van der Waals surface area contributed by atoms with Crippen molar-refractivity contribution in [3.8, 4) is 28.1 Å². The molecule has 5 heterocycles. The highest BCUT2D eigenvalue weighted by atomic mass is 16.5. The van der Waals surface area contributed by atoms with E-state index in [1.807, 2.05) is 19.9 Å². The summed E-state index contributed by atoms with van der Waals surface area (Å²) >= 11 is 0. The normalized spacial score (nSPS) is 22.0. The molecule has 0 saturated carbocycles. The molecule has 8 rings (SSSR count). The van der Waals surface area contributed by atoms with Gasteiger partial charge in [-0.25, -0.2) is 19.6 Å². The summed E-state index contributed by atoms with van der Waals surface area (Å²) in [6, 6.07) is 12.8. The fourth-order valence-electron chi connectivity index (χ4n) is 9.41. The van der Waals surface area contributed by atoms with Gasteiger partial charge in [0.25, 0.3) is 0 Å². The largest absolute Gasteiger partial charge is 0.488 e. The molecule has 8 atom stereocenters. The van der Waals surface area contributed by atoms with Gasteiger partial charge in [0.15, 0.2) is 0 Å². The lowest BCUT2D eigenvalue weighted by Gasteiger charge is -2.38. The number of amides is 3. The number of benzene rings is 3. The summed E-state index contributed by atoms with van der Waals surface area (Å²) < 4.78 is 21.5. The number of carbonyl (C=O) groups excluding carboxylic acids is 3. The van der Waals surface area contributed by atoms with Crippen LogP contribution >= 0.6 is 0 Å². The first-order valence-electron chi connectivity index (χ1n) is 21.1. The van der Waals surface area contributed by atoms with Crippen LogP contribution in [0.5, 0.6) is 5.75 Å². The number of nitrogens with zero attached hydrogens (tertiary/aromatic N) is 4. The third kappa shape index (κ3) is 7.88. The summed E-state index contributed by atoms with van der Waals surface area (Å²) in [7, 11) is 4.09. The van der Waals surface area contributed by atoms with Gasteiger partial charge in [0.1, 0.15) is 36.3 Å². The first-order chi connectivity index (χ1) is 29.3. The molecule has 0 bridgehead atoms. The number of H-pyrrole nitrogens is 2. The van der Waals surface area contributed by atoms with Gasteiger partial charge in [-0.2, -0.15) is 0 Å². The Morgan fingerprint density at radius 2 is 1.69 bits per heavy atom. The van der Waals surface area contributed by atoms with E-state index in [-0.39, 0.29) is 35.9 Å². The standard InChI is InChI=1S/C45H56N8O8/c1-22(2)37(50-44(56)59-7)43(55)53-24(4)9-14-34(53)41-47-32-13-11-26-17-31-29-12-10-27(16-28(29)21-61-36(31)18-30(26)39(32)49-41)33-19-46-40(48-33)35-15-23(3)20-52(35)42(54)38(25(5)58-6)51-45(57)60-8/h10-13,16-19,22-25,34-35,37-38,43,55H,9,14-15,20-21H2,1-8H3,(H,46,48)(H,47,49)(H,50,56)(H,51,57)/t23-,24-,25+,34-,35-,37?,38?,43?/m0/s1. The fraction of sp³-hybridized carbons (Fsp3) is 0.489. The molecule has 0 spiro atoms. The third-order valence-corrected chi connectivity index (χ3v) is 12.8. The molecule has 3 aliphatic heterocycles. The summed E-state index contributed by atoms with van der Waals surface area (Å²) in [6.45, 7) is 10.8. The van der Waals surface area contributed by atoms with Gasteiger partial charge in [-0.15, -0.1) is 0 Å². The van der Waals surface area contributed by atoms with E-state index in [9.17, 15) is 19.5 Å². The van der Waals surface area contributed by atoms with E-state index in [2.05, 4.69) is 75.7 Å². The van der Waals surface area contributed by atoms with Gasteiger partial charge in [-0.1, -0.05) is 39.0 Å². The zero-order valence-electron chi connectivity index (χ0n) is 35.9. The smallest absolute Gasteiger partial charge is 0.407 e. The van der Waals surface area contributed by atoms with Crippen LogP contribution in [0, 0.1) is 11.8 Å². The summed E-state index contributed by atoms with van der Waals surface area (Å²) in [5.74, 6) is 2.16. The van der Waals surface area contributed by atoms with E-state index in [1.165, 1.54) is 21.3 Å². The summed E-state index contributed by atoms with van der Waals surface area (Å²) in [5.41, 5.74) is 6.61. The molecule has 2 saturated heterocycles. The van der Waals surface area contributed by atoms with Crippen molar-refractivity contribution >= 4 is 39.9 Å². The minimum atomic E-state index is -0.943. The number of ether oxygens (including phenoxy) is 4. The highest BCUT2D eigenvalue weighted by Crippen LogP contribution is 2.44. The van der Waals surface area contributed by atoms with Crippen molar-refractivity contribution in [2.75, 3.05) is 27.9 Å². The van der Waals surface area contributed by atoms with Gasteiger partial charge >= 0.3 is 12.2 Å². The minimum absolute atomic E-state index is 0.0387. The van der Waals surface area contributed by atoms with Crippen LogP contribution in [0.2, 0.25) is 0 Å². The first-order valence-corrected chi connectivity index (χ1v) is 21.1. The zero-order valence-corrected chi connectivity index (χ0v) is 35.9. The lowest BCUT2D eigenvalue weighted by Crippen LogP contribution is -2.55. The van der Waals surface area contributed by atoms with E-state index in [0.717, 1.165) is 80.6 Å². The number of hydrogen-bond acceptors (Lipinski definition) is 11. The van der Waals surface area contributed by atoms with Crippen molar-refractivity contribution in [3.63, 3.8) is 0 Å². The molecule has 2 fully saturated rings. The van der Waals surface area contributed by atoms with Crippen LogP contribution in [-0.4, -0.2) is 111 Å². The number of nitrogens with one attached hydrogen (secondary N) is 4. The molecule has 3 aromatic carbocycles. The number of likely N-dealkylation sites (tertiary alicyclic amines) is 2. The highest BCUT2D eigenvalue weighted by molar-refractivity contribution is 6.07. The Hall–Kier alpha value is -5.71. The maximum Gasteiger partial charge on any atom is 0.407 e. The molecule has 16 nitrogen and oxygen atoms in total. The number of alkyl carbamates (subject to hydrolysis) is 2. The Morgan fingerprint density at radius 1 is 0.918 bits per heavy atom. The quantitative estimate of drug-likeness (QED) is 0.0967. The first kappa shape index (κ1) is 42.0. The van der Waals surface area contributed by atoms with Crippen LogP contribution in [-0.2, 0) is 25.6 Å². The highest BCUT2D eigenvalue weighted by Gasteiger charge is 2.43. The molecule has 0 radical (unpaired) electrons. The SMILES string of the molecule is COC(=O)NC(C(C)C)C(O)N1[C@@H](C)CC[C@H]1c1nc2ccc3cc4c(cc3c2[nH]1)OCc1cc(-c2cnc([C@@H]3C[C@H](C)CN3C(=O)C(NC(=O)OC)[C@@H](C)OC)[nH]2)ccc1-4. The predicted molar refractivity (Wildman–Crippen MR) is 228 cm³/mol. The summed E-state index contributed by atoms with van der Waals surface area (Å²) in [6.07, 6.45) is 1.41. The van der Waals surface area contributed by atoms with Gasteiger partial charge in [0.05, 0.1) is 61.4 Å². The molecule has 3 unspecified atom stereocenters. The lowest BCUT2D eigenvalue weighted by molar-refractivity contribution is -0.137. The summed E-state index contributed by atoms with van der Waals surface area (Å²) in [5, 5.41) is 19.2. The van der Waals surface area contributed by atoms with Crippen LogP contribution < -0.4 is 15.4 Å². The maximum absolute atomic E-state index is 13.9. The molecule has 2 aromatic heterocycles. The average molecular weight is 837 g/mol. The number of aromatic nitrogens is 4. The fourth-order valence-corrected chi connectivity index (χ4v) is 9.41. The Labute approximate surface area is 354 Å². The summed E-state index contributed by atoms with van der Waals surface area (Å²) in [4.78, 5) is 58.9. The van der Waals surface area contributed by atoms with Crippen LogP contribution in [0.3, 0.4) is 0 Å². The van der Waals surface area contributed by atoms with Gasteiger partial charge in [0.2, 0.25) is 5.91 Å². The van der Waals surface area contributed by atoms with Crippen molar-refractivity contribution in [2.24, 2.45) is 11.8 Å². The van der Waals surface area contributed by atoms with E-state index in [0.29, 0.717) is 19.0 Å². The van der Waals surface area contributed by atoms with E-state index < -0.39 is 36.6 Å². The number of hydrogen-bond donors (Lipinski definition) is 5. The number of fused-ring (bicyclic) bond motifs is 6. The number of methoxy groups -OCH3 is 3. The van der Waals surface area contributed by atoms with Crippen molar-refractivity contribution in [1.29, 1.82) is 0 Å². The Morgan fingerprint density at radius 3 is 2.43 bits per heavy atom. The van der Waals surface area contributed by atoms with Crippen LogP contribution in [0.1, 0.15) is 83.2 Å². The molecule has 324 valence electrons. The second kappa shape index (κ2) is 17.0. The van der Waals surface area contributed by atoms with Crippen LogP contribution in [0.15, 0.2) is 48.7 Å². The van der Waals surface area contributed by atoms with E-state index in [1.54, 1.807) is 18.0 Å². The molecule has 16 heteroatoms. The third-order valence-electron chi connectivity index (χ3n) is 12.8. The topological polar surface area (TPSA) is 196 Å².